The van der Waals surface area contributed by atoms with Crippen molar-refractivity contribution in [2.24, 2.45) is 0 Å². The van der Waals surface area contributed by atoms with Crippen LogP contribution in [0.25, 0.3) is 0 Å². The second-order valence-electron chi connectivity index (χ2n) is 5.52. The highest BCUT2D eigenvalue weighted by molar-refractivity contribution is 7.99. The minimum Gasteiger partial charge on any atom is -0.346 e. The molecule has 3 rings (SSSR count). The van der Waals surface area contributed by atoms with Crippen molar-refractivity contribution in [3.63, 3.8) is 0 Å². The first-order valence-electron chi connectivity index (χ1n) is 7.15. The van der Waals surface area contributed by atoms with Crippen molar-refractivity contribution in [3.8, 4) is 0 Å². The van der Waals surface area contributed by atoms with E-state index < -0.39 is 0 Å². The van der Waals surface area contributed by atoms with Crippen LogP contribution in [0.2, 0.25) is 0 Å². The number of nitrogens with one attached hydrogen (secondary N) is 1. The van der Waals surface area contributed by atoms with Crippen molar-refractivity contribution in [1.29, 1.82) is 0 Å². The van der Waals surface area contributed by atoms with Crippen LogP contribution >= 0.6 is 24.0 Å². The minimum absolute atomic E-state index is 0.397. The zero-order valence-electron chi connectivity index (χ0n) is 11.4. The van der Waals surface area contributed by atoms with Crippen molar-refractivity contribution >= 4 is 24.0 Å². The molecule has 0 radical (unpaired) electrons. The summed E-state index contributed by atoms with van der Waals surface area (Å²) in [4.78, 5) is 10.7. The van der Waals surface area contributed by atoms with E-state index in [2.05, 4.69) is 16.9 Å². The van der Waals surface area contributed by atoms with Crippen molar-refractivity contribution in [3.05, 3.63) is 21.7 Å². The van der Waals surface area contributed by atoms with E-state index in [0.29, 0.717) is 6.04 Å². The average Bonchev–Trinajstić information content (AvgIpc) is 2.65. The Morgan fingerprint density at radius 1 is 1.32 bits per heavy atom. The molecule has 1 aromatic rings. The Kier molecular flexibility index (Phi) is 4.24. The highest BCUT2D eigenvalue weighted by Gasteiger charge is 2.24. The molecule has 1 atom stereocenters. The first-order valence-corrected chi connectivity index (χ1v) is 8.72. The average molecular weight is 295 g/mol. The van der Waals surface area contributed by atoms with Crippen molar-refractivity contribution in [2.75, 3.05) is 25.1 Å². The molecule has 104 valence electrons. The van der Waals surface area contributed by atoms with Gasteiger partial charge in [0.2, 0.25) is 0 Å². The van der Waals surface area contributed by atoms with Crippen LogP contribution in [0.3, 0.4) is 0 Å². The Bertz CT molecular complexity index is 512. The predicted octanol–water partition coefficient (Wildman–Crippen LogP) is 3.13. The molecule has 5 heteroatoms. The minimum atomic E-state index is 0.397. The molecule has 3 nitrogen and oxygen atoms in total. The fourth-order valence-corrected chi connectivity index (χ4v) is 4.49. The highest BCUT2D eigenvalue weighted by Crippen LogP contribution is 2.28. The SMILES string of the molecule is CN1CCSCC1c1nc(=S)c2c([nH]1)CCCCC2. The van der Waals surface area contributed by atoms with Crippen molar-refractivity contribution < 1.29 is 0 Å². The molecule has 1 aliphatic carbocycles. The van der Waals surface area contributed by atoms with Gasteiger partial charge >= 0.3 is 0 Å². The van der Waals surface area contributed by atoms with Gasteiger partial charge in [-0.15, -0.1) is 0 Å². The predicted molar refractivity (Wildman–Crippen MR) is 83.4 cm³/mol. The molecule has 0 bridgehead atoms. The molecule has 1 fully saturated rings. The number of nitrogens with zero attached hydrogens (tertiary/aromatic N) is 2. The fourth-order valence-electron chi connectivity index (χ4n) is 2.95. The van der Waals surface area contributed by atoms with E-state index in [-0.39, 0.29) is 0 Å². The van der Waals surface area contributed by atoms with E-state index in [1.54, 1.807) is 0 Å². The van der Waals surface area contributed by atoms with Gasteiger partial charge in [-0.3, -0.25) is 4.90 Å². The zero-order valence-corrected chi connectivity index (χ0v) is 13.1. The number of aromatic amines is 1. The number of H-pyrrole nitrogens is 1. The summed E-state index contributed by atoms with van der Waals surface area (Å²) < 4.78 is 0.842. The molecule has 1 saturated heterocycles. The third-order valence-corrected chi connectivity index (χ3v) is 5.55. The van der Waals surface area contributed by atoms with Gasteiger partial charge in [0.15, 0.2) is 0 Å². The number of rotatable bonds is 1. The van der Waals surface area contributed by atoms with Crippen LogP contribution in [-0.4, -0.2) is 40.0 Å². The van der Waals surface area contributed by atoms with Crippen molar-refractivity contribution in [1.82, 2.24) is 14.9 Å². The Hall–Kier alpha value is -0.390. The van der Waals surface area contributed by atoms with Gasteiger partial charge < -0.3 is 4.98 Å². The molecule has 1 aliphatic heterocycles. The molecule has 19 heavy (non-hydrogen) atoms. The first kappa shape index (κ1) is 13.6. The van der Waals surface area contributed by atoms with Gasteiger partial charge in [0.25, 0.3) is 0 Å². The Labute approximate surface area is 124 Å². The van der Waals surface area contributed by atoms with Gasteiger partial charge in [0.1, 0.15) is 10.5 Å². The summed E-state index contributed by atoms with van der Waals surface area (Å²) in [5.74, 6) is 3.42. The monoisotopic (exact) mass is 295 g/mol. The number of aromatic nitrogens is 2. The Morgan fingerprint density at radius 2 is 2.16 bits per heavy atom. The second-order valence-corrected chi connectivity index (χ2v) is 7.05. The number of hydrogen-bond acceptors (Lipinski definition) is 4. The summed E-state index contributed by atoms with van der Waals surface area (Å²) in [6.07, 6.45) is 6.08. The van der Waals surface area contributed by atoms with E-state index >= 15 is 0 Å². The normalized spacial score (nSPS) is 24.8. The van der Waals surface area contributed by atoms with Crippen LogP contribution in [0, 0.1) is 4.64 Å². The molecule has 1 unspecified atom stereocenters. The molecule has 1 aromatic heterocycles. The molecule has 2 heterocycles. The molecule has 0 spiro atoms. The standard InChI is InChI=1S/C14H21N3S2/c1-17-7-8-19-9-12(17)13-15-11-6-4-2-3-5-10(11)14(18)16-13/h12H,2-9H2,1H3,(H,15,16,18). The lowest BCUT2D eigenvalue weighted by atomic mass is 10.1. The maximum atomic E-state index is 5.54. The molecule has 2 aliphatic rings. The van der Waals surface area contributed by atoms with Gasteiger partial charge in [-0.1, -0.05) is 18.6 Å². The van der Waals surface area contributed by atoms with E-state index in [9.17, 15) is 0 Å². The van der Waals surface area contributed by atoms with Gasteiger partial charge in [-0.2, -0.15) is 11.8 Å². The smallest absolute Gasteiger partial charge is 0.133 e. The lowest BCUT2D eigenvalue weighted by Gasteiger charge is -2.31. The van der Waals surface area contributed by atoms with Crippen LogP contribution in [0.1, 0.15) is 42.4 Å². The number of aryl methyl sites for hydroxylation is 1. The summed E-state index contributed by atoms with van der Waals surface area (Å²) in [6, 6.07) is 0.397. The highest BCUT2D eigenvalue weighted by atomic mass is 32.2. The van der Waals surface area contributed by atoms with Crippen LogP contribution in [0.5, 0.6) is 0 Å². The first-order chi connectivity index (χ1) is 9.25. The van der Waals surface area contributed by atoms with E-state index in [0.717, 1.165) is 35.6 Å². The largest absolute Gasteiger partial charge is 0.346 e. The molecular weight excluding hydrogens is 274 g/mol. The Morgan fingerprint density at radius 3 is 3.00 bits per heavy atom. The van der Waals surface area contributed by atoms with Crippen LogP contribution in [-0.2, 0) is 12.8 Å². The van der Waals surface area contributed by atoms with E-state index in [1.807, 2.05) is 11.8 Å². The second kappa shape index (κ2) is 5.94. The summed E-state index contributed by atoms with van der Waals surface area (Å²) in [5, 5.41) is 0. The van der Waals surface area contributed by atoms with Crippen LogP contribution in [0.15, 0.2) is 0 Å². The fraction of sp³-hybridized carbons (Fsp3) is 0.714. The summed E-state index contributed by atoms with van der Waals surface area (Å²) in [7, 11) is 2.19. The lowest BCUT2D eigenvalue weighted by molar-refractivity contribution is 0.264. The van der Waals surface area contributed by atoms with Crippen molar-refractivity contribution in [2.45, 2.75) is 38.1 Å². The quantitative estimate of drug-likeness (QED) is 0.637. The third kappa shape index (κ3) is 2.88. The van der Waals surface area contributed by atoms with E-state index in [1.165, 1.54) is 36.3 Å². The van der Waals surface area contributed by atoms with Gasteiger partial charge in [-0.25, -0.2) is 4.98 Å². The molecule has 0 aromatic carbocycles. The topological polar surface area (TPSA) is 31.9 Å². The maximum Gasteiger partial charge on any atom is 0.133 e. The van der Waals surface area contributed by atoms with E-state index in [4.69, 9.17) is 17.2 Å². The summed E-state index contributed by atoms with van der Waals surface area (Å²) in [6.45, 7) is 1.13. The number of thioether (sulfide) groups is 1. The lowest BCUT2D eigenvalue weighted by Crippen LogP contribution is -2.34. The molecule has 0 amide bonds. The molecule has 0 saturated carbocycles. The summed E-state index contributed by atoms with van der Waals surface area (Å²) >= 11 is 7.55. The van der Waals surface area contributed by atoms with Gasteiger partial charge in [-0.05, 0) is 32.7 Å². The summed E-state index contributed by atoms with van der Waals surface area (Å²) in [5.41, 5.74) is 2.67. The molecule has 1 N–H and O–H groups in total. The third-order valence-electron chi connectivity index (χ3n) is 4.19. The van der Waals surface area contributed by atoms with Gasteiger partial charge in [0.05, 0.1) is 6.04 Å². The van der Waals surface area contributed by atoms with Crippen LogP contribution < -0.4 is 0 Å². The number of hydrogen-bond donors (Lipinski definition) is 1. The number of fused-ring (bicyclic) bond motifs is 1. The van der Waals surface area contributed by atoms with Crippen LogP contribution in [0.4, 0.5) is 0 Å². The van der Waals surface area contributed by atoms with Gasteiger partial charge in [0, 0.05) is 29.3 Å². The zero-order chi connectivity index (χ0) is 13.2. The Balaban J connectivity index is 1.96. The maximum absolute atomic E-state index is 5.54. The molecular formula is C14H21N3S2.